The summed E-state index contributed by atoms with van der Waals surface area (Å²) in [5.41, 5.74) is 6.73. The van der Waals surface area contributed by atoms with Gasteiger partial charge in [0, 0.05) is 29.1 Å². The van der Waals surface area contributed by atoms with E-state index in [2.05, 4.69) is 0 Å². The van der Waals surface area contributed by atoms with Crippen molar-refractivity contribution in [2.75, 3.05) is 0 Å². The molecular formula is C18H18N2O2S. The summed E-state index contributed by atoms with van der Waals surface area (Å²) in [6.45, 7) is 0.553. The molecule has 0 spiro atoms. The summed E-state index contributed by atoms with van der Waals surface area (Å²) >= 11 is 1.61. The van der Waals surface area contributed by atoms with Crippen molar-refractivity contribution in [1.29, 1.82) is 0 Å². The van der Waals surface area contributed by atoms with Crippen LogP contribution in [0.25, 0.3) is 6.08 Å². The van der Waals surface area contributed by atoms with Gasteiger partial charge in [-0.1, -0.05) is 18.2 Å². The van der Waals surface area contributed by atoms with Crippen LogP contribution in [0.3, 0.4) is 0 Å². The lowest BCUT2D eigenvalue weighted by atomic mass is 10.1. The minimum absolute atomic E-state index is 0.0277. The fraction of sp³-hybridized carbons (Fsp3) is 0.222. The number of carbonyl (C=O) groups is 2. The molecule has 2 aromatic rings. The van der Waals surface area contributed by atoms with Crippen molar-refractivity contribution in [2.24, 2.45) is 5.73 Å². The van der Waals surface area contributed by atoms with Crippen molar-refractivity contribution >= 4 is 29.2 Å². The van der Waals surface area contributed by atoms with Crippen molar-refractivity contribution in [2.45, 2.75) is 25.4 Å². The van der Waals surface area contributed by atoms with Gasteiger partial charge in [-0.2, -0.15) is 0 Å². The van der Waals surface area contributed by atoms with Crippen molar-refractivity contribution in [3.63, 3.8) is 0 Å². The number of nitrogens with zero attached hydrogens (tertiary/aromatic N) is 1. The highest BCUT2D eigenvalue weighted by atomic mass is 32.1. The number of amides is 2. The lowest BCUT2D eigenvalue weighted by Crippen LogP contribution is -2.31. The molecule has 3 rings (SSSR count). The Labute approximate surface area is 139 Å². The maximum atomic E-state index is 12.5. The average Bonchev–Trinajstić information content (AvgIpc) is 3.26. The minimum Gasteiger partial charge on any atom is -0.366 e. The molecule has 0 saturated heterocycles. The molecule has 0 atom stereocenters. The quantitative estimate of drug-likeness (QED) is 0.829. The second-order valence-corrected chi connectivity index (χ2v) is 6.59. The van der Waals surface area contributed by atoms with Gasteiger partial charge >= 0.3 is 0 Å². The van der Waals surface area contributed by atoms with Gasteiger partial charge in [-0.05, 0) is 48.1 Å². The number of rotatable bonds is 6. The second kappa shape index (κ2) is 6.79. The van der Waals surface area contributed by atoms with E-state index in [0.29, 0.717) is 18.2 Å². The predicted octanol–water partition coefficient (Wildman–Crippen LogP) is 3.05. The third-order valence-corrected chi connectivity index (χ3v) is 4.63. The first-order valence-corrected chi connectivity index (χ1v) is 8.42. The summed E-state index contributed by atoms with van der Waals surface area (Å²) in [5.74, 6) is -0.412. The highest BCUT2D eigenvalue weighted by molar-refractivity contribution is 7.10. The molecule has 2 N–H and O–H groups in total. The van der Waals surface area contributed by atoms with E-state index in [9.17, 15) is 9.59 Å². The first-order valence-electron chi connectivity index (χ1n) is 7.54. The number of benzene rings is 1. The van der Waals surface area contributed by atoms with Crippen LogP contribution in [0.5, 0.6) is 0 Å². The zero-order chi connectivity index (χ0) is 16.2. The summed E-state index contributed by atoms with van der Waals surface area (Å²) in [5, 5.41) is 1.99. The molecule has 4 nitrogen and oxygen atoms in total. The molecule has 0 unspecified atom stereocenters. The fourth-order valence-corrected chi connectivity index (χ4v) is 3.00. The number of carbonyl (C=O) groups excluding carboxylic acids is 2. The fourth-order valence-electron chi connectivity index (χ4n) is 2.38. The SMILES string of the molecule is NC(=O)c1ccc(CN(C(=O)C=Cc2cccs2)C2CC2)cc1. The lowest BCUT2D eigenvalue weighted by molar-refractivity contribution is -0.127. The van der Waals surface area contributed by atoms with Gasteiger partial charge in [-0.15, -0.1) is 11.3 Å². The molecule has 5 heteroatoms. The number of primary amides is 1. The van der Waals surface area contributed by atoms with E-state index in [0.717, 1.165) is 23.3 Å². The Morgan fingerprint density at radius 1 is 1.22 bits per heavy atom. The van der Waals surface area contributed by atoms with Crippen LogP contribution >= 0.6 is 11.3 Å². The summed E-state index contributed by atoms with van der Waals surface area (Å²) < 4.78 is 0. The van der Waals surface area contributed by atoms with Crippen LogP contribution in [0.15, 0.2) is 47.9 Å². The van der Waals surface area contributed by atoms with Crippen LogP contribution in [0.2, 0.25) is 0 Å². The van der Waals surface area contributed by atoms with E-state index in [4.69, 9.17) is 5.73 Å². The molecular weight excluding hydrogens is 308 g/mol. The highest BCUT2D eigenvalue weighted by Gasteiger charge is 2.31. The normalized spacial score (nSPS) is 14.1. The molecule has 1 aromatic carbocycles. The lowest BCUT2D eigenvalue weighted by Gasteiger charge is -2.21. The van der Waals surface area contributed by atoms with Crippen LogP contribution in [-0.2, 0) is 11.3 Å². The average molecular weight is 326 g/mol. The van der Waals surface area contributed by atoms with Gasteiger partial charge in [0.15, 0.2) is 0 Å². The van der Waals surface area contributed by atoms with Crippen LogP contribution in [0.1, 0.15) is 33.6 Å². The van der Waals surface area contributed by atoms with E-state index < -0.39 is 5.91 Å². The second-order valence-electron chi connectivity index (χ2n) is 5.61. The highest BCUT2D eigenvalue weighted by Crippen LogP contribution is 2.29. The predicted molar refractivity (Wildman–Crippen MR) is 91.9 cm³/mol. The molecule has 0 aliphatic heterocycles. The van der Waals surface area contributed by atoms with Crippen LogP contribution < -0.4 is 5.73 Å². The Hall–Kier alpha value is -2.40. The van der Waals surface area contributed by atoms with Gasteiger partial charge in [-0.25, -0.2) is 0 Å². The third-order valence-electron chi connectivity index (χ3n) is 3.80. The topological polar surface area (TPSA) is 63.4 Å². The summed E-state index contributed by atoms with van der Waals surface area (Å²) in [6.07, 6.45) is 5.61. The Kier molecular flexibility index (Phi) is 4.57. The largest absolute Gasteiger partial charge is 0.366 e. The van der Waals surface area contributed by atoms with Gasteiger partial charge in [0.1, 0.15) is 0 Å². The van der Waals surface area contributed by atoms with Gasteiger partial charge < -0.3 is 10.6 Å². The Morgan fingerprint density at radius 3 is 2.52 bits per heavy atom. The number of thiophene rings is 1. The monoisotopic (exact) mass is 326 g/mol. The molecule has 1 saturated carbocycles. The molecule has 1 aliphatic rings. The third kappa shape index (κ3) is 4.07. The van der Waals surface area contributed by atoms with Crippen molar-refractivity contribution < 1.29 is 9.59 Å². The van der Waals surface area contributed by atoms with E-state index >= 15 is 0 Å². The van der Waals surface area contributed by atoms with Crippen LogP contribution in [0.4, 0.5) is 0 Å². The molecule has 0 radical (unpaired) electrons. The summed E-state index contributed by atoms with van der Waals surface area (Å²) in [4.78, 5) is 26.5. The molecule has 1 aliphatic carbocycles. The van der Waals surface area contributed by atoms with E-state index in [1.165, 1.54) is 0 Å². The van der Waals surface area contributed by atoms with Crippen molar-refractivity contribution in [3.05, 3.63) is 63.9 Å². The number of hydrogen-bond donors (Lipinski definition) is 1. The molecule has 1 fully saturated rings. The number of nitrogens with two attached hydrogens (primary N) is 1. The Bertz CT molecular complexity index is 716. The van der Waals surface area contributed by atoms with Crippen LogP contribution in [0, 0.1) is 0 Å². The van der Waals surface area contributed by atoms with Crippen molar-refractivity contribution in [3.8, 4) is 0 Å². The van der Waals surface area contributed by atoms with Crippen molar-refractivity contribution in [1.82, 2.24) is 4.90 Å². The van der Waals surface area contributed by atoms with E-state index in [-0.39, 0.29) is 5.91 Å². The Balaban J connectivity index is 1.69. The van der Waals surface area contributed by atoms with Gasteiger partial charge in [0.25, 0.3) is 0 Å². The molecule has 1 heterocycles. The maximum Gasteiger partial charge on any atom is 0.248 e. The molecule has 118 valence electrons. The first kappa shape index (κ1) is 15.5. The minimum atomic E-state index is -0.439. The number of hydrogen-bond acceptors (Lipinski definition) is 3. The van der Waals surface area contributed by atoms with Gasteiger partial charge in [0.05, 0.1) is 0 Å². The molecule has 2 amide bonds. The standard InChI is InChI=1S/C18H18N2O2S/c19-18(22)14-5-3-13(4-6-14)12-20(15-7-8-15)17(21)10-9-16-2-1-11-23-16/h1-6,9-11,15H,7-8,12H2,(H2,19,22). The molecule has 1 aromatic heterocycles. The zero-order valence-corrected chi connectivity index (χ0v) is 13.5. The summed E-state index contributed by atoms with van der Waals surface area (Å²) in [6, 6.07) is 11.4. The van der Waals surface area contributed by atoms with Gasteiger partial charge in [0.2, 0.25) is 11.8 Å². The van der Waals surface area contributed by atoms with Gasteiger partial charge in [-0.3, -0.25) is 9.59 Å². The van der Waals surface area contributed by atoms with Crippen LogP contribution in [-0.4, -0.2) is 22.8 Å². The molecule has 0 bridgehead atoms. The van der Waals surface area contributed by atoms with E-state index in [1.807, 2.05) is 40.6 Å². The van der Waals surface area contributed by atoms with E-state index in [1.54, 1.807) is 29.5 Å². The summed E-state index contributed by atoms with van der Waals surface area (Å²) in [7, 11) is 0. The first-order chi connectivity index (χ1) is 11.1. The zero-order valence-electron chi connectivity index (χ0n) is 12.6. The Morgan fingerprint density at radius 2 is 1.96 bits per heavy atom. The maximum absolute atomic E-state index is 12.5. The smallest absolute Gasteiger partial charge is 0.248 e. The molecule has 23 heavy (non-hydrogen) atoms.